The minimum absolute atomic E-state index is 0.00810. The van der Waals surface area contributed by atoms with Crippen molar-refractivity contribution in [2.24, 2.45) is 23.7 Å². The van der Waals surface area contributed by atoms with Crippen LogP contribution in [0.25, 0.3) is 0 Å². The molecule has 16 heavy (non-hydrogen) atoms. The Morgan fingerprint density at radius 2 is 1.69 bits per heavy atom. The van der Waals surface area contributed by atoms with E-state index in [4.69, 9.17) is 0 Å². The molecule has 3 fully saturated rings. The van der Waals surface area contributed by atoms with Gasteiger partial charge in [0.05, 0.1) is 6.10 Å². The first-order valence-corrected chi connectivity index (χ1v) is 8.07. The molecule has 0 aliphatic heterocycles. The number of fused-ring (bicyclic) bond motifs is 3. The van der Waals surface area contributed by atoms with Crippen molar-refractivity contribution in [1.29, 1.82) is 0 Å². The highest BCUT2D eigenvalue weighted by atomic mass is 127. The maximum Gasteiger partial charge on any atom is 0.0583 e. The SMILES string of the molecule is CC1(I)C2CCCCC2C2CCCC(O)C21. The van der Waals surface area contributed by atoms with Crippen LogP contribution in [0.1, 0.15) is 51.9 Å². The van der Waals surface area contributed by atoms with E-state index in [1.165, 1.54) is 38.5 Å². The van der Waals surface area contributed by atoms with Gasteiger partial charge < -0.3 is 5.11 Å². The Bertz CT molecular complexity index is 276. The average molecular weight is 334 g/mol. The van der Waals surface area contributed by atoms with Gasteiger partial charge in [-0.05, 0) is 50.4 Å². The van der Waals surface area contributed by atoms with E-state index in [1.54, 1.807) is 0 Å². The molecule has 0 spiro atoms. The smallest absolute Gasteiger partial charge is 0.0583 e. The zero-order chi connectivity index (χ0) is 11.3. The van der Waals surface area contributed by atoms with Gasteiger partial charge in [-0.3, -0.25) is 0 Å². The third-order valence-electron chi connectivity index (χ3n) is 5.66. The lowest BCUT2D eigenvalue weighted by Gasteiger charge is -2.38. The van der Waals surface area contributed by atoms with Crippen molar-refractivity contribution in [3.8, 4) is 0 Å². The van der Waals surface area contributed by atoms with Crippen LogP contribution in [0.3, 0.4) is 0 Å². The fourth-order valence-electron chi connectivity index (χ4n) is 5.10. The number of hydrogen-bond acceptors (Lipinski definition) is 1. The summed E-state index contributed by atoms with van der Waals surface area (Å²) >= 11 is 2.69. The van der Waals surface area contributed by atoms with Crippen LogP contribution in [0, 0.1) is 23.7 Å². The molecule has 0 aromatic heterocycles. The second-order valence-electron chi connectivity index (χ2n) is 6.39. The van der Waals surface area contributed by atoms with E-state index in [-0.39, 0.29) is 6.10 Å². The molecule has 6 atom stereocenters. The maximum absolute atomic E-state index is 10.4. The van der Waals surface area contributed by atoms with E-state index in [2.05, 4.69) is 29.5 Å². The molecule has 0 radical (unpaired) electrons. The molecule has 0 saturated heterocycles. The van der Waals surface area contributed by atoms with E-state index < -0.39 is 0 Å². The van der Waals surface area contributed by atoms with E-state index in [9.17, 15) is 5.11 Å². The number of alkyl halides is 1. The highest BCUT2D eigenvalue weighted by Gasteiger charge is 2.59. The summed E-state index contributed by atoms with van der Waals surface area (Å²) in [6.45, 7) is 2.43. The molecule has 3 aliphatic rings. The van der Waals surface area contributed by atoms with Crippen molar-refractivity contribution >= 4 is 22.6 Å². The molecule has 3 rings (SSSR count). The van der Waals surface area contributed by atoms with Crippen LogP contribution in [0.15, 0.2) is 0 Å². The zero-order valence-corrected chi connectivity index (χ0v) is 12.3. The molecule has 3 aliphatic carbocycles. The number of rotatable bonds is 0. The van der Waals surface area contributed by atoms with Crippen LogP contribution in [0.5, 0.6) is 0 Å². The summed E-state index contributed by atoms with van der Waals surface area (Å²) in [5.41, 5.74) is 0. The molecule has 3 saturated carbocycles. The van der Waals surface area contributed by atoms with Gasteiger partial charge in [0.15, 0.2) is 0 Å². The first-order valence-electron chi connectivity index (χ1n) is 6.99. The van der Waals surface area contributed by atoms with E-state index >= 15 is 0 Å². The van der Waals surface area contributed by atoms with Gasteiger partial charge >= 0.3 is 0 Å². The largest absolute Gasteiger partial charge is 0.393 e. The minimum atomic E-state index is -0.00810. The summed E-state index contributed by atoms with van der Waals surface area (Å²) in [6.07, 6.45) is 9.42. The van der Waals surface area contributed by atoms with Crippen LogP contribution >= 0.6 is 22.6 Å². The standard InChI is InChI=1S/C14H23IO/c1-14(15)11-7-3-2-5-9(11)10-6-4-8-12(16)13(10)14/h9-13,16H,2-8H2,1H3. The Morgan fingerprint density at radius 1 is 1.00 bits per heavy atom. The molecular weight excluding hydrogens is 311 g/mol. The van der Waals surface area contributed by atoms with Gasteiger partial charge in [-0.25, -0.2) is 0 Å². The van der Waals surface area contributed by atoms with Crippen molar-refractivity contribution < 1.29 is 5.11 Å². The summed E-state index contributed by atoms with van der Waals surface area (Å²) in [5.74, 6) is 3.27. The van der Waals surface area contributed by atoms with Crippen molar-refractivity contribution in [2.75, 3.05) is 0 Å². The Morgan fingerprint density at radius 3 is 2.50 bits per heavy atom. The van der Waals surface area contributed by atoms with Crippen molar-refractivity contribution in [2.45, 2.75) is 61.4 Å². The van der Waals surface area contributed by atoms with Gasteiger partial charge in [-0.1, -0.05) is 41.9 Å². The lowest BCUT2D eigenvalue weighted by atomic mass is 9.72. The molecule has 1 N–H and O–H groups in total. The maximum atomic E-state index is 10.4. The van der Waals surface area contributed by atoms with Gasteiger partial charge in [-0.15, -0.1) is 0 Å². The Hall–Kier alpha value is 0.690. The van der Waals surface area contributed by atoms with Crippen molar-refractivity contribution in [3.63, 3.8) is 0 Å². The third kappa shape index (κ3) is 1.58. The van der Waals surface area contributed by atoms with Crippen LogP contribution in [0.4, 0.5) is 0 Å². The number of aliphatic hydroxyl groups excluding tert-OH is 1. The van der Waals surface area contributed by atoms with Crippen LogP contribution in [-0.2, 0) is 0 Å². The van der Waals surface area contributed by atoms with Crippen molar-refractivity contribution in [3.05, 3.63) is 0 Å². The molecule has 2 heteroatoms. The summed E-state index contributed by atoms with van der Waals surface area (Å²) in [6, 6.07) is 0. The number of hydrogen-bond donors (Lipinski definition) is 1. The highest BCUT2D eigenvalue weighted by Crippen LogP contribution is 2.62. The lowest BCUT2D eigenvalue weighted by molar-refractivity contribution is 0.0301. The molecule has 92 valence electrons. The number of halogens is 1. The average Bonchev–Trinajstić information content (AvgIpc) is 2.50. The normalized spacial score (nSPS) is 56.8. The topological polar surface area (TPSA) is 20.2 Å². The summed E-state index contributed by atoms with van der Waals surface area (Å²) < 4.78 is 0.368. The summed E-state index contributed by atoms with van der Waals surface area (Å²) in [4.78, 5) is 0. The quantitative estimate of drug-likeness (QED) is 0.528. The molecular formula is C14H23IO. The van der Waals surface area contributed by atoms with Crippen LogP contribution in [0.2, 0.25) is 0 Å². The molecule has 0 aromatic carbocycles. The van der Waals surface area contributed by atoms with Gasteiger partial charge in [0, 0.05) is 9.34 Å². The van der Waals surface area contributed by atoms with E-state index in [1.807, 2.05) is 0 Å². The molecule has 0 heterocycles. The molecule has 6 unspecified atom stereocenters. The van der Waals surface area contributed by atoms with Crippen LogP contribution in [-0.4, -0.2) is 14.6 Å². The predicted octanol–water partition coefficient (Wildman–Crippen LogP) is 3.78. The summed E-state index contributed by atoms with van der Waals surface area (Å²) in [5, 5.41) is 10.4. The third-order valence-corrected chi connectivity index (χ3v) is 7.18. The van der Waals surface area contributed by atoms with E-state index in [0.717, 1.165) is 24.2 Å². The lowest BCUT2D eigenvalue weighted by Crippen LogP contribution is -2.41. The first kappa shape index (κ1) is 11.8. The number of aliphatic hydroxyl groups is 1. The second kappa shape index (κ2) is 4.11. The Labute approximate surface area is 113 Å². The fraction of sp³-hybridized carbons (Fsp3) is 1.00. The second-order valence-corrected chi connectivity index (χ2v) is 8.72. The van der Waals surface area contributed by atoms with Gasteiger partial charge in [0.2, 0.25) is 0 Å². The van der Waals surface area contributed by atoms with Crippen LogP contribution < -0.4 is 0 Å². The molecule has 0 aromatic rings. The first-order chi connectivity index (χ1) is 7.62. The van der Waals surface area contributed by atoms with Gasteiger partial charge in [0.25, 0.3) is 0 Å². The Kier molecular flexibility index (Phi) is 3.02. The summed E-state index contributed by atoms with van der Waals surface area (Å²) in [7, 11) is 0. The zero-order valence-electron chi connectivity index (χ0n) is 10.2. The van der Waals surface area contributed by atoms with Crippen molar-refractivity contribution in [1.82, 2.24) is 0 Å². The predicted molar refractivity (Wildman–Crippen MR) is 74.7 cm³/mol. The molecule has 0 bridgehead atoms. The molecule has 0 amide bonds. The van der Waals surface area contributed by atoms with Gasteiger partial charge in [-0.2, -0.15) is 0 Å². The molecule has 1 nitrogen and oxygen atoms in total. The minimum Gasteiger partial charge on any atom is -0.393 e. The Balaban J connectivity index is 1.94. The van der Waals surface area contributed by atoms with E-state index in [0.29, 0.717) is 9.34 Å². The highest BCUT2D eigenvalue weighted by molar-refractivity contribution is 14.1. The van der Waals surface area contributed by atoms with Gasteiger partial charge in [0.1, 0.15) is 0 Å². The fourth-order valence-corrected chi connectivity index (χ4v) is 6.75. The monoisotopic (exact) mass is 334 g/mol.